The van der Waals surface area contributed by atoms with E-state index < -0.39 is 10.0 Å². The smallest absolute Gasteiger partial charge is 0.262 e. The zero-order chi connectivity index (χ0) is 19.9. The fourth-order valence-corrected chi connectivity index (χ4v) is 5.53. The van der Waals surface area contributed by atoms with E-state index in [1.807, 2.05) is 0 Å². The van der Waals surface area contributed by atoms with Gasteiger partial charge in [-0.25, -0.2) is 17.8 Å². The van der Waals surface area contributed by atoms with Crippen molar-refractivity contribution in [1.29, 1.82) is 0 Å². The molecule has 0 spiro atoms. The standard InChI is InChI=1S/C19H25FN4O3S/c1-13-8-14(5-6-16(13)20)22-17-10-24(9-15(17)18-4-3-7-27-18)28(25,26)19-11-23(2)12-21-19/h5-6,8,11-12,15,17-18,22H,3-4,7,9-10H2,1-2H3/t15-,17-,18?/m0/s1. The molecule has 9 heteroatoms. The van der Waals surface area contributed by atoms with Gasteiger partial charge in [0, 0.05) is 50.6 Å². The number of aryl methyl sites for hydroxylation is 2. The Morgan fingerprint density at radius 3 is 2.79 bits per heavy atom. The predicted molar refractivity (Wildman–Crippen MR) is 103 cm³/mol. The van der Waals surface area contributed by atoms with Gasteiger partial charge in [0.05, 0.1) is 12.4 Å². The van der Waals surface area contributed by atoms with Crippen LogP contribution in [-0.4, -0.2) is 54.1 Å². The van der Waals surface area contributed by atoms with Gasteiger partial charge in [-0.05, 0) is 43.5 Å². The summed E-state index contributed by atoms with van der Waals surface area (Å²) in [6.45, 7) is 3.11. The van der Waals surface area contributed by atoms with Crippen LogP contribution in [0.4, 0.5) is 10.1 Å². The van der Waals surface area contributed by atoms with Crippen molar-refractivity contribution in [2.24, 2.45) is 13.0 Å². The molecule has 0 aliphatic carbocycles. The number of rotatable bonds is 5. The lowest BCUT2D eigenvalue weighted by molar-refractivity contribution is 0.0651. The normalized spacial score (nSPS) is 26.0. The molecule has 0 saturated carbocycles. The molecule has 1 aromatic carbocycles. The van der Waals surface area contributed by atoms with Crippen molar-refractivity contribution in [1.82, 2.24) is 13.9 Å². The van der Waals surface area contributed by atoms with Crippen molar-refractivity contribution < 1.29 is 17.5 Å². The van der Waals surface area contributed by atoms with Crippen molar-refractivity contribution in [2.45, 2.75) is 36.9 Å². The lowest BCUT2D eigenvalue weighted by atomic mass is 9.94. The van der Waals surface area contributed by atoms with Crippen LogP contribution in [0.25, 0.3) is 0 Å². The summed E-state index contributed by atoms with van der Waals surface area (Å²) in [5.41, 5.74) is 1.33. The van der Waals surface area contributed by atoms with E-state index >= 15 is 0 Å². The van der Waals surface area contributed by atoms with Crippen LogP contribution < -0.4 is 5.32 Å². The molecular weight excluding hydrogens is 383 g/mol. The molecule has 0 amide bonds. The number of nitrogens with zero attached hydrogens (tertiary/aromatic N) is 3. The molecule has 1 N–H and O–H groups in total. The van der Waals surface area contributed by atoms with Crippen LogP contribution >= 0.6 is 0 Å². The Labute approximate surface area is 164 Å². The van der Waals surface area contributed by atoms with Crippen LogP contribution in [0.3, 0.4) is 0 Å². The van der Waals surface area contributed by atoms with Gasteiger partial charge in [0.2, 0.25) is 0 Å². The fourth-order valence-electron chi connectivity index (χ4n) is 4.06. The first-order chi connectivity index (χ1) is 13.3. The lowest BCUT2D eigenvalue weighted by Crippen LogP contribution is -2.35. The van der Waals surface area contributed by atoms with Crippen molar-refractivity contribution >= 4 is 15.7 Å². The summed E-state index contributed by atoms with van der Waals surface area (Å²) in [6.07, 6.45) is 4.92. The highest BCUT2D eigenvalue weighted by atomic mass is 32.2. The molecule has 3 atom stereocenters. The molecule has 3 heterocycles. The topological polar surface area (TPSA) is 76.5 Å². The summed E-state index contributed by atoms with van der Waals surface area (Å²) in [7, 11) is -1.93. The minimum absolute atomic E-state index is 0.0166. The van der Waals surface area contributed by atoms with E-state index in [1.165, 1.54) is 22.9 Å². The van der Waals surface area contributed by atoms with E-state index in [4.69, 9.17) is 4.74 Å². The maximum Gasteiger partial charge on any atom is 0.262 e. The molecule has 1 aromatic heterocycles. The minimum atomic E-state index is -3.67. The number of benzene rings is 1. The molecule has 7 nitrogen and oxygen atoms in total. The van der Waals surface area contributed by atoms with Gasteiger partial charge in [0.15, 0.2) is 5.03 Å². The third-order valence-electron chi connectivity index (χ3n) is 5.57. The average Bonchev–Trinajstić information content (AvgIpc) is 3.38. The number of ether oxygens (including phenoxy) is 1. The highest BCUT2D eigenvalue weighted by Gasteiger charge is 2.44. The largest absolute Gasteiger partial charge is 0.381 e. The van der Waals surface area contributed by atoms with E-state index in [0.717, 1.165) is 18.5 Å². The second-order valence-corrected chi connectivity index (χ2v) is 9.51. The zero-order valence-electron chi connectivity index (χ0n) is 16.0. The number of sulfonamides is 1. The highest BCUT2D eigenvalue weighted by Crippen LogP contribution is 2.33. The van der Waals surface area contributed by atoms with Gasteiger partial charge in [-0.1, -0.05) is 0 Å². The average molecular weight is 408 g/mol. The fraction of sp³-hybridized carbons (Fsp3) is 0.526. The number of imidazole rings is 1. The van der Waals surface area contributed by atoms with Gasteiger partial charge >= 0.3 is 0 Å². The Morgan fingerprint density at radius 2 is 2.14 bits per heavy atom. The molecular formula is C19H25FN4O3S. The zero-order valence-corrected chi connectivity index (χ0v) is 16.8. The van der Waals surface area contributed by atoms with E-state index in [0.29, 0.717) is 25.3 Å². The van der Waals surface area contributed by atoms with Crippen molar-refractivity contribution in [3.63, 3.8) is 0 Å². The third kappa shape index (κ3) is 3.66. The molecule has 1 unspecified atom stereocenters. The number of hydrogen-bond acceptors (Lipinski definition) is 5. The SMILES string of the molecule is Cc1cc(N[C@H]2CN(S(=O)(=O)c3cn(C)cn3)C[C@@H]2C2CCCO2)ccc1F. The quantitative estimate of drug-likeness (QED) is 0.820. The second kappa shape index (κ2) is 7.46. The molecule has 28 heavy (non-hydrogen) atoms. The van der Waals surface area contributed by atoms with Crippen molar-refractivity contribution in [2.75, 3.05) is 25.0 Å². The Morgan fingerprint density at radius 1 is 1.32 bits per heavy atom. The number of anilines is 1. The highest BCUT2D eigenvalue weighted by molar-refractivity contribution is 7.89. The minimum Gasteiger partial charge on any atom is -0.381 e. The van der Waals surface area contributed by atoms with E-state index in [1.54, 1.807) is 30.7 Å². The lowest BCUT2D eigenvalue weighted by Gasteiger charge is -2.25. The maximum atomic E-state index is 13.6. The second-order valence-electron chi connectivity index (χ2n) is 7.63. The maximum absolute atomic E-state index is 13.6. The Kier molecular flexibility index (Phi) is 5.15. The Hall–Kier alpha value is -1.97. The predicted octanol–water partition coefficient (Wildman–Crippen LogP) is 2.15. The molecule has 0 bridgehead atoms. The monoisotopic (exact) mass is 408 g/mol. The summed E-state index contributed by atoms with van der Waals surface area (Å²) in [6, 6.07) is 4.74. The third-order valence-corrected chi connectivity index (χ3v) is 7.29. The summed E-state index contributed by atoms with van der Waals surface area (Å²) >= 11 is 0. The van der Waals surface area contributed by atoms with Crippen LogP contribution in [0, 0.1) is 18.7 Å². The number of hydrogen-bond donors (Lipinski definition) is 1. The number of nitrogens with one attached hydrogen (secondary N) is 1. The van der Waals surface area contributed by atoms with Crippen LogP contribution in [0.5, 0.6) is 0 Å². The van der Waals surface area contributed by atoms with Crippen LogP contribution in [0.2, 0.25) is 0 Å². The van der Waals surface area contributed by atoms with Crippen LogP contribution in [0.15, 0.2) is 35.7 Å². The first-order valence-electron chi connectivity index (χ1n) is 9.47. The van der Waals surface area contributed by atoms with Crippen LogP contribution in [0.1, 0.15) is 18.4 Å². The molecule has 4 rings (SSSR count). The van der Waals surface area contributed by atoms with E-state index in [-0.39, 0.29) is 28.9 Å². The van der Waals surface area contributed by atoms with Gasteiger partial charge < -0.3 is 14.6 Å². The summed E-state index contributed by atoms with van der Waals surface area (Å²) in [4.78, 5) is 4.02. The van der Waals surface area contributed by atoms with E-state index in [9.17, 15) is 12.8 Å². The molecule has 2 saturated heterocycles. The Balaban J connectivity index is 1.59. The molecule has 2 aromatic rings. The van der Waals surface area contributed by atoms with Crippen LogP contribution in [-0.2, 0) is 21.8 Å². The number of aromatic nitrogens is 2. The molecule has 152 valence electrons. The summed E-state index contributed by atoms with van der Waals surface area (Å²) < 4.78 is 48.7. The Bertz CT molecular complexity index is 956. The number of halogens is 1. The van der Waals surface area contributed by atoms with Crippen molar-refractivity contribution in [3.05, 3.63) is 42.1 Å². The van der Waals surface area contributed by atoms with Gasteiger partial charge in [0.1, 0.15) is 5.82 Å². The summed E-state index contributed by atoms with van der Waals surface area (Å²) in [5, 5.41) is 3.47. The van der Waals surface area contributed by atoms with Gasteiger partial charge in [0.25, 0.3) is 10.0 Å². The molecule has 0 radical (unpaired) electrons. The summed E-state index contributed by atoms with van der Waals surface area (Å²) in [5.74, 6) is -0.238. The first-order valence-corrected chi connectivity index (χ1v) is 10.9. The molecule has 2 aliphatic rings. The van der Waals surface area contributed by atoms with Gasteiger partial charge in [-0.3, -0.25) is 0 Å². The first kappa shape index (κ1) is 19.4. The van der Waals surface area contributed by atoms with Gasteiger partial charge in [-0.15, -0.1) is 0 Å². The molecule has 2 aliphatic heterocycles. The van der Waals surface area contributed by atoms with Gasteiger partial charge in [-0.2, -0.15) is 4.31 Å². The van der Waals surface area contributed by atoms with Crippen molar-refractivity contribution in [3.8, 4) is 0 Å². The molecule has 2 fully saturated rings. The van der Waals surface area contributed by atoms with E-state index in [2.05, 4.69) is 10.3 Å².